The van der Waals surface area contributed by atoms with Crippen molar-refractivity contribution in [3.05, 3.63) is 69.8 Å². The summed E-state index contributed by atoms with van der Waals surface area (Å²) in [5, 5.41) is 20.5. The van der Waals surface area contributed by atoms with Gasteiger partial charge in [-0.1, -0.05) is 28.1 Å². The molecule has 2 aromatic carbocycles. The molecule has 2 N–H and O–H groups in total. The molecule has 0 aliphatic carbocycles. The van der Waals surface area contributed by atoms with E-state index in [4.69, 9.17) is 9.15 Å². The lowest BCUT2D eigenvalue weighted by molar-refractivity contribution is 0.0468. The predicted octanol–water partition coefficient (Wildman–Crippen LogP) is 5.03. The number of para-hydroxylation sites is 2. The Morgan fingerprint density at radius 2 is 2.14 bits per heavy atom. The van der Waals surface area contributed by atoms with Crippen molar-refractivity contribution < 1.29 is 19.1 Å². The van der Waals surface area contributed by atoms with Gasteiger partial charge in [-0.2, -0.15) is 5.26 Å². The van der Waals surface area contributed by atoms with Gasteiger partial charge in [0, 0.05) is 15.4 Å². The highest BCUT2D eigenvalue weighted by Gasteiger charge is 2.21. The lowest BCUT2D eigenvalue weighted by Gasteiger charge is -2.04. The van der Waals surface area contributed by atoms with Crippen molar-refractivity contribution in [2.24, 2.45) is 0 Å². The molecule has 0 saturated heterocycles. The van der Waals surface area contributed by atoms with Crippen LogP contribution in [0.3, 0.4) is 0 Å². The van der Waals surface area contributed by atoms with Gasteiger partial charge < -0.3 is 19.2 Å². The first-order chi connectivity index (χ1) is 14.0. The number of benzene rings is 2. The van der Waals surface area contributed by atoms with Gasteiger partial charge in [0.05, 0.1) is 11.0 Å². The number of carbonyl (C=O) groups is 1. The number of carbonyl (C=O) groups excluding carboxylic acids is 1. The van der Waals surface area contributed by atoms with Gasteiger partial charge in [-0.15, -0.1) is 0 Å². The molecule has 4 aromatic rings. The van der Waals surface area contributed by atoms with Gasteiger partial charge in [-0.05, 0) is 37.3 Å². The third kappa shape index (κ3) is 3.48. The van der Waals surface area contributed by atoms with Crippen LogP contribution in [0.15, 0.2) is 57.1 Å². The number of aryl methyl sites for hydroxylation is 1. The molecule has 0 atom stereocenters. The van der Waals surface area contributed by atoms with Crippen molar-refractivity contribution in [1.29, 1.82) is 5.26 Å². The Hall–Kier alpha value is -3.57. The zero-order valence-corrected chi connectivity index (χ0v) is 16.8. The van der Waals surface area contributed by atoms with Crippen molar-refractivity contribution in [2.45, 2.75) is 6.92 Å². The Kier molecular flexibility index (Phi) is 4.82. The number of hydrogen-bond donors (Lipinski definition) is 2. The summed E-state index contributed by atoms with van der Waals surface area (Å²) < 4.78 is 11.6. The number of halogens is 1. The SMILES string of the molecule is Cc1c(C(=O)OC/C(O)=C(\C#N)c2nc3ccccc3[nH]2)oc2ccc(Br)cc12. The molecule has 0 unspecified atom stereocenters. The second-order valence-electron chi connectivity index (χ2n) is 6.31. The molecule has 7 nitrogen and oxygen atoms in total. The van der Waals surface area contributed by atoms with Crippen molar-refractivity contribution in [1.82, 2.24) is 9.97 Å². The first-order valence-electron chi connectivity index (χ1n) is 8.61. The second-order valence-corrected chi connectivity index (χ2v) is 7.22. The number of rotatable bonds is 4. The maximum Gasteiger partial charge on any atom is 0.375 e. The number of imidazole rings is 1. The van der Waals surface area contributed by atoms with E-state index in [-0.39, 0.29) is 17.2 Å². The molecule has 29 heavy (non-hydrogen) atoms. The Morgan fingerprint density at radius 1 is 1.34 bits per heavy atom. The normalized spacial score (nSPS) is 12.0. The lowest BCUT2D eigenvalue weighted by Crippen LogP contribution is -2.09. The fourth-order valence-corrected chi connectivity index (χ4v) is 3.35. The zero-order valence-electron chi connectivity index (χ0n) is 15.2. The van der Waals surface area contributed by atoms with Crippen LogP contribution < -0.4 is 0 Å². The number of aromatic nitrogens is 2. The third-order valence-electron chi connectivity index (χ3n) is 4.45. The van der Waals surface area contributed by atoms with Gasteiger partial charge in [0.1, 0.15) is 17.2 Å². The van der Waals surface area contributed by atoms with Gasteiger partial charge in [-0.3, -0.25) is 0 Å². The van der Waals surface area contributed by atoms with Crippen LogP contribution in [-0.2, 0) is 4.74 Å². The van der Waals surface area contributed by atoms with Gasteiger partial charge in [0.15, 0.2) is 18.2 Å². The minimum Gasteiger partial charge on any atom is -0.507 e. The maximum absolute atomic E-state index is 12.4. The number of aromatic amines is 1. The minimum absolute atomic E-state index is 0.0492. The van der Waals surface area contributed by atoms with Gasteiger partial charge in [0.25, 0.3) is 0 Å². The molecule has 0 saturated carbocycles. The Morgan fingerprint density at radius 3 is 2.90 bits per heavy atom. The van der Waals surface area contributed by atoms with E-state index >= 15 is 0 Å². The fourth-order valence-electron chi connectivity index (χ4n) is 2.98. The van der Waals surface area contributed by atoms with E-state index in [1.807, 2.05) is 30.3 Å². The number of fused-ring (bicyclic) bond motifs is 2. The average Bonchev–Trinajstić information content (AvgIpc) is 3.28. The highest BCUT2D eigenvalue weighted by atomic mass is 79.9. The predicted molar refractivity (Wildman–Crippen MR) is 110 cm³/mol. The monoisotopic (exact) mass is 451 g/mol. The number of esters is 1. The number of hydrogen-bond acceptors (Lipinski definition) is 6. The number of aliphatic hydroxyl groups excluding tert-OH is 1. The minimum atomic E-state index is -0.733. The standard InChI is InChI=1S/C21H14BrN3O4/c1-11-13-8-12(22)6-7-18(13)29-19(11)21(27)28-10-17(26)14(9-23)20-24-15-4-2-3-5-16(15)25-20/h2-8,26H,10H2,1H3,(H,24,25)/b17-14-. The molecule has 2 aromatic heterocycles. The summed E-state index contributed by atoms with van der Waals surface area (Å²) in [6.45, 7) is 1.26. The van der Waals surface area contributed by atoms with E-state index in [1.165, 1.54) is 0 Å². The molecule has 4 rings (SSSR count). The number of aliphatic hydroxyl groups is 1. The molecule has 8 heteroatoms. The zero-order chi connectivity index (χ0) is 20.5. The highest BCUT2D eigenvalue weighted by Crippen LogP contribution is 2.28. The lowest BCUT2D eigenvalue weighted by atomic mass is 10.1. The molecule has 2 heterocycles. The number of nitriles is 1. The first-order valence-corrected chi connectivity index (χ1v) is 9.40. The molecule has 0 aliphatic heterocycles. The van der Waals surface area contributed by atoms with Crippen LogP contribution in [0.25, 0.3) is 27.6 Å². The summed E-state index contributed by atoms with van der Waals surface area (Å²) >= 11 is 3.38. The molecule has 144 valence electrons. The Bertz CT molecular complexity index is 1290. The van der Waals surface area contributed by atoms with E-state index in [9.17, 15) is 15.2 Å². The maximum atomic E-state index is 12.4. The third-order valence-corrected chi connectivity index (χ3v) is 4.94. The number of furan rings is 1. The van der Waals surface area contributed by atoms with Crippen molar-refractivity contribution in [3.63, 3.8) is 0 Å². The second kappa shape index (κ2) is 7.45. The van der Waals surface area contributed by atoms with E-state index in [0.29, 0.717) is 16.7 Å². The average molecular weight is 452 g/mol. The summed E-state index contributed by atoms with van der Waals surface area (Å²) in [5.74, 6) is -0.889. The van der Waals surface area contributed by atoms with Crippen molar-refractivity contribution in [3.8, 4) is 6.07 Å². The van der Waals surface area contributed by atoms with Gasteiger partial charge in [0.2, 0.25) is 5.76 Å². The summed E-state index contributed by atoms with van der Waals surface area (Å²) in [7, 11) is 0. The first kappa shape index (κ1) is 18.8. The van der Waals surface area contributed by atoms with Crippen LogP contribution in [0.5, 0.6) is 0 Å². The topological polar surface area (TPSA) is 112 Å². The van der Waals surface area contributed by atoms with E-state index in [0.717, 1.165) is 15.4 Å². The summed E-state index contributed by atoms with van der Waals surface area (Å²) in [5.41, 5.74) is 2.47. The van der Waals surface area contributed by atoms with Gasteiger partial charge >= 0.3 is 5.97 Å². The summed E-state index contributed by atoms with van der Waals surface area (Å²) in [6, 6.07) is 14.5. The molecule has 0 bridgehead atoms. The number of H-pyrrole nitrogens is 1. The summed E-state index contributed by atoms with van der Waals surface area (Å²) in [6.07, 6.45) is 0. The van der Waals surface area contributed by atoms with Crippen LogP contribution in [-0.4, -0.2) is 27.7 Å². The van der Waals surface area contributed by atoms with Crippen LogP contribution in [0, 0.1) is 18.3 Å². The van der Waals surface area contributed by atoms with Crippen molar-refractivity contribution >= 4 is 49.5 Å². The molecule has 0 amide bonds. The number of nitrogens with zero attached hydrogens (tertiary/aromatic N) is 2. The smallest absolute Gasteiger partial charge is 0.375 e. The molecule has 0 fully saturated rings. The highest BCUT2D eigenvalue weighted by molar-refractivity contribution is 9.10. The van der Waals surface area contributed by atoms with Crippen LogP contribution in [0.4, 0.5) is 0 Å². The summed E-state index contributed by atoms with van der Waals surface area (Å²) in [4.78, 5) is 19.7. The number of allylic oxidation sites excluding steroid dienone is 1. The molecular formula is C21H14BrN3O4. The molecule has 0 spiro atoms. The van der Waals surface area contributed by atoms with Gasteiger partial charge in [-0.25, -0.2) is 9.78 Å². The van der Waals surface area contributed by atoms with E-state index in [1.54, 1.807) is 25.1 Å². The fraction of sp³-hybridized carbons (Fsp3) is 0.0952. The largest absolute Gasteiger partial charge is 0.507 e. The van der Waals surface area contributed by atoms with E-state index < -0.39 is 18.3 Å². The quantitative estimate of drug-likeness (QED) is 0.255. The Labute approximate surface area is 173 Å². The van der Waals surface area contributed by atoms with Crippen molar-refractivity contribution in [2.75, 3.05) is 6.61 Å². The van der Waals surface area contributed by atoms with Crippen LogP contribution in [0.2, 0.25) is 0 Å². The Balaban J connectivity index is 1.57. The van der Waals surface area contributed by atoms with Crippen LogP contribution in [0.1, 0.15) is 21.9 Å². The van der Waals surface area contributed by atoms with Crippen LogP contribution >= 0.6 is 15.9 Å². The number of ether oxygens (including phenoxy) is 1. The number of nitrogens with one attached hydrogen (secondary N) is 1. The van der Waals surface area contributed by atoms with E-state index in [2.05, 4.69) is 25.9 Å². The molecule has 0 radical (unpaired) electrons. The molecular weight excluding hydrogens is 438 g/mol. The molecule has 0 aliphatic rings.